The fourth-order valence-corrected chi connectivity index (χ4v) is 2.75. The molecule has 2 bridgehead atoms. The maximum Gasteiger partial charge on any atom is 0.410 e. The van der Waals surface area contributed by atoms with Gasteiger partial charge in [-0.2, -0.15) is 0 Å². The van der Waals surface area contributed by atoms with Gasteiger partial charge in [0.05, 0.1) is 0 Å². The molecular formula is C12H21NO3. The molecule has 0 aromatic carbocycles. The van der Waals surface area contributed by atoms with Crippen LogP contribution >= 0.6 is 0 Å². The monoisotopic (exact) mass is 227 g/mol. The van der Waals surface area contributed by atoms with Crippen molar-refractivity contribution in [2.24, 2.45) is 5.92 Å². The van der Waals surface area contributed by atoms with Gasteiger partial charge in [-0.15, -0.1) is 0 Å². The molecule has 92 valence electrons. The molecule has 3 aliphatic rings. The van der Waals surface area contributed by atoms with E-state index in [0.29, 0.717) is 18.0 Å². The number of carbonyl (C=O) groups is 1. The van der Waals surface area contributed by atoms with Crippen LogP contribution in [-0.4, -0.2) is 40.4 Å². The molecule has 3 rings (SSSR count). The molecule has 2 aliphatic heterocycles. The molecule has 1 N–H and O–H groups in total. The van der Waals surface area contributed by atoms with Gasteiger partial charge >= 0.3 is 6.09 Å². The van der Waals surface area contributed by atoms with E-state index >= 15 is 0 Å². The number of hydrogen-bond donors (Lipinski definition) is 1. The molecule has 1 unspecified atom stereocenters. The minimum atomic E-state index is -0.419. The number of amides is 1. The second-order valence-electron chi connectivity index (χ2n) is 5.95. The molecule has 1 amide bonds. The number of rotatable bonds is 1. The Hall–Kier alpha value is -0.770. The Morgan fingerprint density at radius 1 is 1.31 bits per heavy atom. The highest BCUT2D eigenvalue weighted by Gasteiger charge is 2.48. The predicted molar refractivity (Wildman–Crippen MR) is 60.1 cm³/mol. The summed E-state index contributed by atoms with van der Waals surface area (Å²) in [6, 6.07) is 0.594. The van der Waals surface area contributed by atoms with Crippen molar-refractivity contribution < 1.29 is 14.6 Å². The van der Waals surface area contributed by atoms with Gasteiger partial charge in [0.1, 0.15) is 5.60 Å². The van der Waals surface area contributed by atoms with Crippen LogP contribution in [0.2, 0.25) is 0 Å². The largest absolute Gasteiger partial charge is 0.444 e. The number of piperidine rings is 1. The SMILES string of the molecule is CC(C)(C)OC(=O)N1[C@@H]2CC(CO)C[C@H]1C2. The van der Waals surface area contributed by atoms with Crippen LogP contribution in [0, 0.1) is 5.92 Å². The normalized spacial score (nSPS) is 33.2. The summed E-state index contributed by atoms with van der Waals surface area (Å²) >= 11 is 0. The molecule has 3 atom stereocenters. The first-order valence-electron chi connectivity index (χ1n) is 6.03. The summed E-state index contributed by atoms with van der Waals surface area (Å²) in [7, 11) is 0. The summed E-state index contributed by atoms with van der Waals surface area (Å²) in [5, 5.41) is 9.11. The van der Waals surface area contributed by atoms with Gasteiger partial charge in [0.2, 0.25) is 0 Å². The molecule has 4 nitrogen and oxygen atoms in total. The van der Waals surface area contributed by atoms with Crippen LogP contribution < -0.4 is 0 Å². The van der Waals surface area contributed by atoms with E-state index in [2.05, 4.69) is 0 Å². The third kappa shape index (κ3) is 2.17. The number of aliphatic hydroxyl groups is 1. The Bertz CT molecular complexity index is 272. The van der Waals surface area contributed by atoms with Crippen molar-refractivity contribution in [2.75, 3.05) is 6.61 Å². The molecule has 0 radical (unpaired) electrons. The quantitative estimate of drug-likeness (QED) is 0.742. The van der Waals surface area contributed by atoms with E-state index in [9.17, 15) is 4.79 Å². The van der Waals surface area contributed by atoms with E-state index in [4.69, 9.17) is 9.84 Å². The molecule has 0 aromatic rings. The summed E-state index contributed by atoms with van der Waals surface area (Å²) in [5.41, 5.74) is -0.419. The lowest BCUT2D eigenvalue weighted by atomic mass is 9.74. The van der Waals surface area contributed by atoms with Crippen LogP contribution in [0.25, 0.3) is 0 Å². The van der Waals surface area contributed by atoms with Crippen LogP contribution in [0.15, 0.2) is 0 Å². The van der Waals surface area contributed by atoms with Gasteiger partial charge < -0.3 is 14.7 Å². The lowest BCUT2D eigenvalue weighted by Gasteiger charge is -2.54. The van der Waals surface area contributed by atoms with Crippen LogP contribution in [0.3, 0.4) is 0 Å². The van der Waals surface area contributed by atoms with Crippen molar-refractivity contribution in [3.05, 3.63) is 0 Å². The van der Waals surface area contributed by atoms with Crippen LogP contribution in [0.5, 0.6) is 0 Å². The van der Waals surface area contributed by atoms with E-state index in [-0.39, 0.29) is 12.7 Å². The average molecular weight is 227 g/mol. The number of aliphatic hydroxyl groups excluding tert-OH is 1. The van der Waals surface area contributed by atoms with E-state index in [1.807, 2.05) is 25.7 Å². The molecule has 1 saturated carbocycles. The van der Waals surface area contributed by atoms with E-state index < -0.39 is 5.60 Å². The fraction of sp³-hybridized carbons (Fsp3) is 0.917. The molecule has 2 heterocycles. The Balaban J connectivity index is 1.92. The second-order valence-corrected chi connectivity index (χ2v) is 5.95. The van der Waals surface area contributed by atoms with Gasteiger partial charge in [0.25, 0.3) is 0 Å². The summed E-state index contributed by atoms with van der Waals surface area (Å²) < 4.78 is 5.37. The fourth-order valence-electron chi connectivity index (χ4n) is 2.75. The van der Waals surface area contributed by atoms with E-state index in [1.165, 1.54) is 0 Å². The number of hydrogen-bond acceptors (Lipinski definition) is 3. The maximum absolute atomic E-state index is 11.9. The van der Waals surface area contributed by atoms with Crippen molar-refractivity contribution >= 4 is 6.09 Å². The van der Waals surface area contributed by atoms with E-state index in [0.717, 1.165) is 19.3 Å². The van der Waals surface area contributed by atoms with Crippen LogP contribution in [0.1, 0.15) is 40.0 Å². The molecule has 4 heteroatoms. The zero-order valence-corrected chi connectivity index (χ0v) is 10.3. The number of ether oxygens (including phenoxy) is 1. The molecule has 2 saturated heterocycles. The summed E-state index contributed by atoms with van der Waals surface area (Å²) in [6.07, 6.45) is 2.74. The Kier molecular flexibility index (Phi) is 2.86. The van der Waals surface area contributed by atoms with Gasteiger partial charge in [0.15, 0.2) is 0 Å². The number of fused-ring (bicyclic) bond motifs is 2. The Morgan fingerprint density at radius 3 is 2.31 bits per heavy atom. The van der Waals surface area contributed by atoms with Gasteiger partial charge in [-0.25, -0.2) is 4.79 Å². The van der Waals surface area contributed by atoms with Crippen molar-refractivity contribution in [3.8, 4) is 0 Å². The number of nitrogens with zero attached hydrogens (tertiary/aromatic N) is 1. The minimum Gasteiger partial charge on any atom is -0.444 e. The van der Waals surface area contributed by atoms with Gasteiger partial charge in [-0.3, -0.25) is 0 Å². The zero-order valence-electron chi connectivity index (χ0n) is 10.3. The Labute approximate surface area is 96.6 Å². The topological polar surface area (TPSA) is 49.8 Å². The van der Waals surface area contributed by atoms with Gasteiger partial charge in [-0.1, -0.05) is 0 Å². The highest BCUT2D eigenvalue weighted by molar-refractivity contribution is 5.70. The standard InChI is InChI=1S/C12H21NO3/c1-12(2,3)16-11(15)13-9-4-8(7-14)5-10(13)6-9/h8-10,14H,4-7H2,1-3H3/t8?,9-,10+. The maximum atomic E-state index is 11.9. The first-order chi connectivity index (χ1) is 7.40. The van der Waals surface area contributed by atoms with E-state index in [1.54, 1.807) is 0 Å². The lowest BCUT2D eigenvalue weighted by molar-refractivity contribution is -0.0715. The molecule has 0 aromatic heterocycles. The molecule has 3 fully saturated rings. The molecular weight excluding hydrogens is 206 g/mol. The van der Waals surface area contributed by atoms with Gasteiger partial charge in [0, 0.05) is 18.7 Å². The zero-order chi connectivity index (χ0) is 11.9. The molecule has 16 heavy (non-hydrogen) atoms. The summed E-state index contributed by atoms with van der Waals surface area (Å²) in [4.78, 5) is 13.7. The first-order valence-corrected chi connectivity index (χ1v) is 6.03. The number of carbonyl (C=O) groups excluding carboxylic acids is 1. The van der Waals surface area contributed by atoms with Crippen molar-refractivity contribution in [1.82, 2.24) is 4.90 Å². The smallest absolute Gasteiger partial charge is 0.410 e. The molecule has 1 aliphatic carbocycles. The lowest BCUT2D eigenvalue weighted by Crippen LogP contribution is -2.63. The first kappa shape index (κ1) is 11.7. The summed E-state index contributed by atoms with van der Waals surface area (Å²) in [5.74, 6) is 0.377. The Morgan fingerprint density at radius 2 is 1.88 bits per heavy atom. The highest BCUT2D eigenvalue weighted by Crippen LogP contribution is 2.41. The second kappa shape index (κ2) is 3.91. The third-order valence-electron chi connectivity index (χ3n) is 3.40. The third-order valence-corrected chi connectivity index (χ3v) is 3.40. The predicted octanol–water partition coefficient (Wildman–Crippen LogP) is 1.77. The average Bonchev–Trinajstić information content (AvgIpc) is 2.14. The minimum absolute atomic E-state index is 0.190. The summed E-state index contributed by atoms with van der Waals surface area (Å²) in [6.45, 7) is 5.90. The highest BCUT2D eigenvalue weighted by atomic mass is 16.6. The molecule has 0 spiro atoms. The van der Waals surface area contributed by atoms with Gasteiger partial charge in [-0.05, 0) is 46.0 Å². The van der Waals surface area contributed by atoms with Crippen molar-refractivity contribution in [2.45, 2.75) is 57.7 Å². The van der Waals surface area contributed by atoms with Crippen LogP contribution in [0.4, 0.5) is 4.79 Å². The van der Waals surface area contributed by atoms with Crippen molar-refractivity contribution in [3.63, 3.8) is 0 Å². The van der Waals surface area contributed by atoms with Crippen LogP contribution in [-0.2, 0) is 4.74 Å². The van der Waals surface area contributed by atoms with Crippen molar-refractivity contribution in [1.29, 1.82) is 0 Å².